The molecular formula is C31H24O10. The first kappa shape index (κ1) is 28.4. The molecule has 0 heterocycles. The van der Waals surface area contributed by atoms with Crippen molar-refractivity contribution in [1.82, 2.24) is 0 Å². The van der Waals surface area contributed by atoms with Crippen molar-refractivity contribution in [2.75, 3.05) is 0 Å². The number of hydrogen-bond acceptors (Lipinski definition) is 6. The predicted molar refractivity (Wildman–Crippen MR) is 146 cm³/mol. The first-order valence-corrected chi connectivity index (χ1v) is 12.1. The summed E-state index contributed by atoms with van der Waals surface area (Å²) >= 11 is 0. The molecule has 0 fully saturated rings. The normalized spacial score (nSPS) is 11.0. The van der Waals surface area contributed by atoms with Gasteiger partial charge in [-0.15, -0.1) is 0 Å². The quantitative estimate of drug-likeness (QED) is 0.172. The maximum absolute atomic E-state index is 11.7. The molecule has 0 radical (unpaired) electrons. The molecule has 0 atom stereocenters. The van der Waals surface area contributed by atoms with Crippen LogP contribution in [0.15, 0.2) is 84.9 Å². The van der Waals surface area contributed by atoms with Crippen molar-refractivity contribution in [3.63, 3.8) is 0 Å². The number of rotatable bonds is 10. The molecule has 0 saturated carbocycles. The summed E-state index contributed by atoms with van der Waals surface area (Å²) in [5.41, 5.74) is 0.00390. The van der Waals surface area contributed by atoms with Gasteiger partial charge in [-0.1, -0.05) is 38.1 Å². The molecule has 0 amide bonds. The molecule has 0 bridgehead atoms. The van der Waals surface area contributed by atoms with Gasteiger partial charge in [0.1, 0.15) is 34.1 Å². The van der Waals surface area contributed by atoms with Gasteiger partial charge in [0.25, 0.3) is 0 Å². The van der Waals surface area contributed by atoms with Crippen LogP contribution in [0.2, 0.25) is 0 Å². The van der Waals surface area contributed by atoms with Crippen molar-refractivity contribution < 1.29 is 49.1 Å². The van der Waals surface area contributed by atoms with Gasteiger partial charge in [0.05, 0.1) is 11.1 Å². The van der Waals surface area contributed by atoms with Crippen LogP contribution in [0.5, 0.6) is 23.0 Å². The fraction of sp³-hybridized carbons (Fsp3) is 0.0968. The first-order valence-electron chi connectivity index (χ1n) is 12.1. The Morgan fingerprint density at radius 1 is 0.537 bits per heavy atom. The Hall–Kier alpha value is -5.64. The van der Waals surface area contributed by atoms with Crippen LogP contribution in [0.3, 0.4) is 0 Å². The molecule has 10 heteroatoms. The number of hydrogen-bond donors (Lipinski definition) is 4. The molecule has 4 aromatic rings. The molecule has 0 unspecified atom stereocenters. The van der Waals surface area contributed by atoms with Crippen LogP contribution in [0.4, 0.5) is 0 Å². The van der Waals surface area contributed by atoms with E-state index in [1.54, 1.807) is 36.4 Å². The maximum atomic E-state index is 11.7. The van der Waals surface area contributed by atoms with E-state index in [9.17, 15) is 39.6 Å². The SMILES string of the molecule is CC(C)(c1cccc(Oc2ccc(C(=O)O)cc2C(=O)O)c1)c1cccc(Oc2ccc(C(=O)O)cc2C(=O)O)c1. The van der Waals surface area contributed by atoms with Crippen molar-refractivity contribution >= 4 is 23.9 Å². The summed E-state index contributed by atoms with van der Waals surface area (Å²) in [6.45, 7) is 3.89. The van der Waals surface area contributed by atoms with Gasteiger partial charge in [-0.3, -0.25) is 0 Å². The van der Waals surface area contributed by atoms with Crippen LogP contribution < -0.4 is 9.47 Å². The third-order valence-corrected chi connectivity index (χ3v) is 6.48. The minimum atomic E-state index is -1.33. The lowest BCUT2D eigenvalue weighted by atomic mass is 9.78. The second-order valence-electron chi connectivity index (χ2n) is 9.53. The molecule has 10 nitrogen and oxygen atoms in total. The Morgan fingerprint density at radius 2 is 0.927 bits per heavy atom. The topological polar surface area (TPSA) is 168 Å². The van der Waals surface area contributed by atoms with E-state index in [-0.39, 0.29) is 33.8 Å². The van der Waals surface area contributed by atoms with Crippen LogP contribution >= 0.6 is 0 Å². The highest BCUT2D eigenvalue weighted by Gasteiger charge is 2.25. The highest BCUT2D eigenvalue weighted by molar-refractivity contribution is 5.96. The van der Waals surface area contributed by atoms with Crippen molar-refractivity contribution in [2.24, 2.45) is 0 Å². The molecule has 0 aliphatic rings. The van der Waals surface area contributed by atoms with E-state index in [0.717, 1.165) is 23.3 Å². The molecule has 0 aliphatic heterocycles. The van der Waals surface area contributed by atoms with Crippen LogP contribution in [0, 0.1) is 0 Å². The van der Waals surface area contributed by atoms with Gasteiger partial charge < -0.3 is 29.9 Å². The molecule has 0 spiro atoms. The van der Waals surface area contributed by atoms with Crippen molar-refractivity contribution in [1.29, 1.82) is 0 Å². The predicted octanol–water partition coefficient (Wildman–Crippen LogP) is 6.39. The molecule has 208 valence electrons. The fourth-order valence-corrected chi connectivity index (χ4v) is 4.16. The largest absolute Gasteiger partial charge is 0.478 e. The minimum absolute atomic E-state index is 0.0176. The lowest BCUT2D eigenvalue weighted by Gasteiger charge is -2.27. The zero-order valence-corrected chi connectivity index (χ0v) is 21.8. The van der Waals surface area contributed by atoms with Gasteiger partial charge in [0.15, 0.2) is 0 Å². The number of aromatic carboxylic acids is 4. The Kier molecular flexibility index (Phi) is 7.77. The molecule has 4 aromatic carbocycles. The summed E-state index contributed by atoms with van der Waals surface area (Å²) in [6.07, 6.45) is 0. The molecule has 0 aromatic heterocycles. The third kappa shape index (κ3) is 6.17. The lowest BCUT2D eigenvalue weighted by molar-refractivity contribution is 0.0674. The minimum Gasteiger partial charge on any atom is -0.478 e. The fourth-order valence-electron chi connectivity index (χ4n) is 4.16. The van der Waals surface area contributed by atoms with Gasteiger partial charge in [-0.2, -0.15) is 0 Å². The maximum Gasteiger partial charge on any atom is 0.339 e. The van der Waals surface area contributed by atoms with E-state index in [1.165, 1.54) is 24.3 Å². The van der Waals surface area contributed by atoms with Gasteiger partial charge >= 0.3 is 23.9 Å². The molecule has 0 saturated heterocycles. The van der Waals surface area contributed by atoms with Gasteiger partial charge in [0, 0.05) is 5.41 Å². The van der Waals surface area contributed by atoms with Crippen LogP contribution in [-0.2, 0) is 5.41 Å². The van der Waals surface area contributed by atoms with Gasteiger partial charge in [0.2, 0.25) is 0 Å². The zero-order chi connectivity index (χ0) is 29.9. The zero-order valence-electron chi connectivity index (χ0n) is 21.8. The van der Waals surface area contributed by atoms with Gasteiger partial charge in [-0.05, 0) is 71.8 Å². The van der Waals surface area contributed by atoms with Crippen LogP contribution in [0.1, 0.15) is 66.4 Å². The van der Waals surface area contributed by atoms with E-state index >= 15 is 0 Å². The molecule has 4 N–H and O–H groups in total. The van der Waals surface area contributed by atoms with Crippen molar-refractivity contribution in [3.8, 4) is 23.0 Å². The molecule has 0 aliphatic carbocycles. The number of benzene rings is 4. The van der Waals surface area contributed by atoms with Gasteiger partial charge in [-0.25, -0.2) is 19.2 Å². The number of carboxylic acids is 4. The van der Waals surface area contributed by atoms with E-state index in [1.807, 2.05) is 26.0 Å². The van der Waals surface area contributed by atoms with Crippen molar-refractivity contribution in [3.05, 3.63) is 118 Å². The monoisotopic (exact) mass is 556 g/mol. The van der Waals surface area contributed by atoms with E-state index in [4.69, 9.17) is 9.47 Å². The molecule has 4 rings (SSSR count). The van der Waals surface area contributed by atoms with Crippen LogP contribution in [-0.4, -0.2) is 44.3 Å². The summed E-state index contributed by atoms with van der Waals surface area (Å²) in [6, 6.07) is 21.1. The summed E-state index contributed by atoms with van der Waals surface area (Å²) < 4.78 is 11.7. The summed E-state index contributed by atoms with van der Waals surface area (Å²) in [4.78, 5) is 46.0. The Labute approximate surface area is 233 Å². The van der Waals surface area contributed by atoms with Crippen molar-refractivity contribution in [2.45, 2.75) is 19.3 Å². The standard InChI is InChI=1S/C31H24O10/c1-31(2,19-5-3-7-21(15-19)40-25-11-9-17(27(32)33)13-23(25)29(36)37)20-6-4-8-22(16-20)41-26-12-10-18(28(34)35)14-24(26)30(38)39/h3-16H,1-2H3,(H,32,33)(H,34,35)(H,36,37)(H,38,39). The van der Waals surface area contributed by atoms with E-state index in [0.29, 0.717) is 11.5 Å². The molecule has 41 heavy (non-hydrogen) atoms. The number of ether oxygens (including phenoxy) is 2. The second kappa shape index (κ2) is 11.2. The number of carboxylic acid groups (broad SMARTS) is 4. The van der Waals surface area contributed by atoms with E-state index < -0.39 is 29.3 Å². The summed E-state index contributed by atoms with van der Waals surface area (Å²) in [5, 5.41) is 37.5. The third-order valence-electron chi connectivity index (χ3n) is 6.48. The number of carbonyl (C=O) groups is 4. The Bertz CT molecular complexity index is 1560. The average Bonchev–Trinajstić information content (AvgIpc) is 2.93. The highest BCUT2D eigenvalue weighted by Crippen LogP contribution is 2.37. The Balaban J connectivity index is 1.63. The average molecular weight is 557 g/mol. The molecular weight excluding hydrogens is 532 g/mol. The second-order valence-corrected chi connectivity index (χ2v) is 9.53. The smallest absolute Gasteiger partial charge is 0.339 e. The highest BCUT2D eigenvalue weighted by atomic mass is 16.5. The first-order chi connectivity index (χ1) is 19.4. The van der Waals surface area contributed by atoms with Crippen LogP contribution in [0.25, 0.3) is 0 Å². The Morgan fingerprint density at radius 3 is 1.27 bits per heavy atom. The summed E-state index contributed by atoms with van der Waals surface area (Å²) in [7, 11) is 0. The van der Waals surface area contributed by atoms with E-state index in [2.05, 4.69) is 0 Å². The summed E-state index contributed by atoms with van der Waals surface area (Å²) in [5.74, 6) is -4.56. The lowest BCUT2D eigenvalue weighted by Crippen LogP contribution is -2.19.